The summed E-state index contributed by atoms with van der Waals surface area (Å²) >= 11 is 0. The summed E-state index contributed by atoms with van der Waals surface area (Å²) < 4.78 is 10.2. The number of carbonyl (C=O) groups excluding carboxylic acids is 2. The van der Waals surface area contributed by atoms with Crippen LogP contribution >= 0.6 is 0 Å². The van der Waals surface area contributed by atoms with Gasteiger partial charge in [0, 0.05) is 6.42 Å². The molecule has 4 heteroatoms. The first-order chi connectivity index (χ1) is 9.99. The summed E-state index contributed by atoms with van der Waals surface area (Å²) in [4.78, 5) is 23.0. The molecule has 122 valence electrons. The Balaban J connectivity index is 3.73. The average molecular weight is 298 g/mol. The number of ether oxygens (including phenoxy) is 2. The van der Waals surface area contributed by atoms with Crippen LogP contribution in [0, 0.1) is 5.92 Å². The van der Waals surface area contributed by atoms with Crippen molar-refractivity contribution in [1.82, 2.24) is 0 Å². The van der Waals surface area contributed by atoms with E-state index in [0.717, 1.165) is 31.3 Å². The zero-order valence-electron chi connectivity index (χ0n) is 13.8. The Kier molecular flexibility index (Phi) is 11.6. The highest BCUT2D eigenvalue weighted by atomic mass is 16.5. The van der Waals surface area contributed by atoms with Crippen LogP contribution in [0.2, 0.25) is 0 Å². The Morgan fingerprint density at radius 3 is 2.19 bits per heavy atom. The number of carbonyl (C=O) groups is 2. The van der Waals surface area contributed by atoms with E-state index in [2.05, 4.69) is 20.4 Å². The Morgan fingerprint density at radius 2 is 1.67 bits per heavy atom. The minimum atomic E-state index is -0.355. The van der Waals surface area contributed by atoms with E-state index in [1.54, 1.807) is 0 Å². The van der Waals surface area contributed by atoms with Crippen molar-refractivity contribution >= 4 is 11.9 Å². The lowest BCUT2D eigenvalue weighted by Gasteiger charge is -2.14. The first-order valence-corrected chi connectivity index (χ1v) is 7.95. The van der Waals surface area contributed by atoms with Crippen molar-refractivity contribution in [1.29, 1.82) is 0 Å². The largest absolute Gasteiger partial charge is 0.465 e. The van der Waals surface area contributed by atoms with Crippen molar-refractivity contribution in [2.24, 2.45) is 5.92 Å². The van der Waals surface area contributed by atoms with E-state index in [1.165, 1.54) is 0 Å². The second-order valence-electron chi connectivity index (χ2n) is 5.53. The Labute approximate surface area is 128 Å². The lowest BCUT2D eigenvalue weighted by molar-refractivity contribution is -0.151. The van der Waals surface area contributed by atoms with Gasteiger partial charge in [-0.2, -0.15) is 0 Å². The number of rotatable bonds is 12. The fraction of sp³-hybridized carbons (Fsp3) is 0.765. The van der Waals surface area contributed by atoms with E-state index in [4.69, 9.17) is 9.47 Å². The van der Waals surface area contributed by atoms with Gasteiger partial charge in [-0.25, -0.2) is 0 Å². The van der Waals surface area contributed by atoms with Crippen LogP contribution in [0.25, 0.3) is 0 Å². The van der Waals surface area contributed by atoms with Gasteiger partial charge in [-0.3, -0.25) is 9.59 Å². The molecule has 0 aliphatic rings. The Bertz CT molecular complexity index is 323. The van der Waals surface area contributed by atoms with Gasteiger partial charge in [0.15, 0.2) is 0 Å². The van der Waals surface area contributed by atoms with E-state index < -0.39 is 0 Å². The molecule has 0 heterocycles. The number of hydrogen-bond donors (Lipinski definition) is 0. The van der Waals surface area contributed by atoms with Gasteiger partial charge >= 0.3 is 11.9 Å². The molecule has 0 saturated carbocycles. The highest BCUT2D eigenvalue weighted by Gasteiger charge is 2.12. The van der Waals surface area contributed by atoms with Crippen LogP contribution in [-0.2, 0) is 19.1 Å². The van der Waals surface area contributed by atoms with Crippen LogP contribution in [0.3, 0.4) is 0 Å². The maximum Gasteiger partial charge on any atom is 0.306 e. The normalized spacial score (nSPS) is 11.8. The van der Waals surface area contributed by atoms with Gasteiger partial charge in [-0.15, -0.1) is 6.58 Å². The summed E-state index contributed by atoms with van der Waals surface area (Å²) in [7, 11) is 0. The first kappa shape index (κ1) is 19.7. The molecule has 1 unspecified atom stereocenters. The SMILES string of the molecule is C=C(C)CCOC(=O)CCC(=O)OCC(CC)CCCC. The monoisotopic (exact) mass is 298 g/mol. The fourth-order valence-corrected chi connectivity index (χ4v) is 1.80. The lowest BCUT2D eigenvalue weighted by Crippen LogP contribution is -2.15. The molecule has 0 spiro atoms. The third-order valence-corrected chi connectivity index (χ3v) is 3.35. The predicted octanol–water partition coefficient (Wildman–Crippen LogP) is 4.04. The highest BCUT2D eigenvalue weighted by Crippen LogP contribution is 2.13. The minimum Gasteiger partial charge on any atom is -0.465 e. The Morgan fingerprint density at radius 1 is 1.05 bits per heavy atom. The van der Waals surface area contributed by atoms with Crippen LogP contribution in [-0.4, -0.2) is 25.2 Å². The predicted molar refractivity (Wildman–Crippen MR) is 83.9 cm³/mol. The molecule has 0 aromatic heterocycles. The molecule has 0 bridgehead atoms. The summed E-state index contributed by atoms with van der Waals surface area (Å²) in [5.41, 5.74) is 0.972. The smallest absolute Gasteiger partial charge is 0.306 e. The van der Waals surface area contributed by atoms with Gasteiger partial charge in [-0.1, -0.05) is 38.7 Å². The number of unbranched alkanes of at least 4 members (excludes halogenated alkanes) is 1. The molecule has 0 fully saturated rings. The molecule has 0 aliphatic carbocycles. The molecule has 0 aromatic rings. The average Bonchev–Trinajstić information content (AvgIpc) is 2.45. The molecule has 21 heavy (non-hydrogen) atoms. The Hall–Kier alpha value is -1.32. The second-order valence-corrected chi connectivity index (χ2v) is 5.53. The molecule has 1 atom stereocenters. The number of hydrogen-bond acceptors (Lipinski definition) is 4. The van der Waals surface area contributed by atoms with Crippen LogP contribution in [0.1, 0.15) is 65.7 Å². The molecule has 0 radical (unpaired) electrons. The zero-order chi connectivity index (χ0) is 16.1. The molecule has 4 nitrogen and oxygen atoms in total. The second kappa shape index (κ2) is 12.4. The number of esters is 2. The summed E-state index contributed by atoms with van der Waals surface area (Å²) in [6.07, 6.45) is 5.24. The third-order valence-electron chi connectivity index (χ3n) is 3.35. The summed E-state index contributed by atoms with van der Waals surface area (Å²) in [5.74, 6) is -0.246. The van der Waals surface area contributed by atoms with Crippen LogP contribution < -0.4 is 0 Å². The summed E-state index contributed by atoms with van der Waals surface area (Å²) in [6, 6.07) is 0. The summed E-state index contributed by atoms with van der Waals surface area (Å²) in [5, 5.41) is 0. The van der Waals surface area contributed by atoms with Crippen molar-refractivity contribution in [3.05, 3.63) is 12.2 Å². The van der Waals surface area contributed by atoms with Crippen LogP contribution in [0.15, 0.2) is 12.2 Å². The molecule has 0 aliphatic heterocycles. The van der Waals surface area contributed by atoms with Crippen molar-refractivity contribution in [2.45, 2.75) is 65.7 Å². The molecule has 0 saturated heterocycles. The summed E-state index contributed by atoms with van der Waals surface area (Å²) in [6.45, 7) is 10.7. The van der Waals surface area contributed by atoms with E-state index in [-0.39, 0.29) is 24.8 Å². The third kappa shape index (κ3) is 12.2. The fourth-order valence-electron chi connectivity index (χ4n) is 1.80. The van der Waals surface area contributed by atoms with E-state index in [1.807, 2.05) is 6.92 Å². The van der Waals surface area contributed by atoms with Crippen molar-refractivity contribution in [3.63, 3.8) is 0 Å². The maximum absolute atomic E-state index is 11.6. The molecule has 0 aromatic carbocycles. The first-order valence-electron chi connectivity index (χ1n) is 7.95. The molecular formula is C17H30O4. The van der Waals surface area contributed by atoms with Gasteiger partial charge in [0.1, 0.15) is 0 Å². The van der Waals surface area contributed by atoms with E-state index >= 15 is 0 Å². The van der Waals surface area contributed by atoms with Crippen molar-refractivity contribution in [2.75, 3.05) is 13.2 Å². The molecular weight excluding hydrogens is 268 g/mol. The van der Waals surface area contributed by atoms with E-state index in [0.29, 0.717) is 25.6 Å². The zero-order valence-corrected chi connectivity index (χ0v) is 13.8. The van der Waals surface area contributed by atoms with E-state index in [9.17, 15) is 9.59 Å². The van der Waals surface area contributed by atoms with Crippen LogP contribution in [0.5, 0.6) is 0 Å². The quantitative estimate of drug-likeness (QED) is 0.403. The molecule has 0 amide bonds. The lowest BCUT2D eigenvalue weighted by atomic mass is 10.0. The van der Waals surface area contributed by atoms with Gasteiger partial charge in [0.05, 0.1) is 26.1 Å². The van der Waals surface area contributed by atoms with Gasteiger partial charge < -0.3 is 9.47 Å². The van der Waals surface area contributed by atoms with Gasteiger partial charge in [0.25, 0.3) is 0 Å². The topological polar surface area (TPSA) is 52.6 Å². The van der Waals surface area contributed by atoms with Crippen LogP contribution in [0.4, 0.5) is 0 Å². The minimum absolute atomic E-state index is 0.0841. The molecule has 0 N–H and O–H groups in total. The van der Waals surface area contributed by atoms with Crippen molar-refractivity contribution < 1.29 is 19.1 Å². The molecule has 0 rings (SSSR count). The van der Waals surface area contributed by atoms with Gasteiger partial charge in [0.2, 0.25) is 0 Å². The van der Waals surface area contributed by atoms with Crippen molar-refractivity contribution in [3.8, 4) is 0 Å². The maximum atomic E-state index is 11.6. The van der Waals surface area contributed by atoms with Gasteiger partial charge in [-0.05, 0) is 19.3 Å². The highest BCUT2D eigenvalue weighted by molar-refractivity contribution is 5.77. The standard InChI is InChI=1S/C17H30O4/c1-5-7-8-15(6-2)13-21-17(19)10-9-16(18)20-12-11-14(3)4/h15H,3,5-13H2,1-2,4H3.